The molecule has 2 aromatic heterocycles. The minimum absolute atomic E-state index is 0.102. The summed E-state index contributed by atoms with van der Waals surface area (Å²) >= 11 is 1.65. The number of thiazole rings is 1. The number of carbonyl (C=O) groups is 2. The van der Waals surface area contributed by atoms with Gasteiger partial charge in [-0.15, -0.1) is 11.3 Å². The van der Waals surface area contributed by atoms with Gasteiger partial charge in [0.2, 0.25) is 11.8 Å². The summed E-state index contributed by atoms with van der Waals surface area (Å²) < 4.78 is 2.07. The van der Waals surface area contributed by atoms with Crippen molar-refractivity contribution in [3.8, 4) is 0 Å². The Hall–Kier alpha value is -1.73. The Morgan fingerprint density at radius 3 is 2.95 bits per heavy atom. The standard InChI is InChI=1S/C14H18N4O2S/c1-8-7-18-11(9(2)16-14(18)21-8)6-15-10-4-5-12(19)17(3)13(10)20/h7,10,15H,4-6H2,1-3H3. The van der Waals surface area contributed by atoms with Gasteiger partial charge in [0.1, 0.15) is 0 Å². The summed E-state index contributed by atoms with van der Waals surface area (Å²) in [5, 5.41) is 3.27. The van der Waals surface area contributed by atoms with Crippen LogP contribution in [0.25, 0.3) is 4.96 Å². The highest BCUT2D eigenvalue weighted by Gasteiger charge is 2.31. The van der Waals surface area contributed by atoms with Gasteiger partial charge in [0.05, 0.1) is 17.4 Å². The first-order chi connectivity index (χ1) is 9.97. The van der Waals surface area contributed by atoms with Gasteiger partial charge in [-0.2, -0.15) is 0 Å². The molecule has 1 aliphatic rings. The number of hydrogen-bond donors (Lipinski definition) is 1. The summed E-state index contributed by atoms with van der Waals surface area (Å²) in [5.74, 6) is -0.249. The number of likely N-dealkylation sites (tertiary alicyclic amines) is 1. The van der Waals surface area contributed by atoms with Crippen LogP contribution < -0.4 is 5.32 Å². The van der Waals surface area contributed by atoms with Crippen molar-refractivity contribution in [1.29, 1.82) is 0 Å². The van der Waals surface area contributed by atoms with Crippen molar-refractivity contribution in [2.24, 2.45) is 0 Å². The van der Waals surface area contributed by atoms with Gasteiger partial charge in [0.25, 0.3) is 0 Å². The molecule has 112 valence electrons. The Morgan fingerprint density at radius 1 is 1.43 bits per heavy atom. The molecule has 0 saturated carbocycles. The fourth-order valence-electron chi connectivity index (χ4n) is 2.65. The predicted octanol–water partition coefficient (Wildman–Crippen LogP) is 1.25. The maximum absolute atomic E-state index is 12.1. The van der Waals surface area contributed by atoms with Crippen LogP contribution in [-0.2, 0) is 16.1 Å². The molecule has 1 atom stereocenters. The lowest BCUT2D eigenvalue weighted by Crippen LogP contribution is -2.51. The number of imidazole rings is 1. The van der Waals surface area contributed by atoms with Crippen molar-refractivity contribution in [3.63, 3.8) is 0 Å². The van der Waals surface area contributed by atoms with Crippen molar-refractivity contribution in [2.75, 3.05) is 7.05 Å². The number of piperidine rings is 1. The van der Waals surface area contributed by atoms with Gasteiger partial charge in [-0.1, -0.05) is 0 Å². The van der Waals surface area contributed by atoms with Crippen molar-refractivity contribution in [3.05, 3.63) is 22.5 Å². The lowest BCUT2D eigenvalue weighted by atomic mass is 10.0. The van der Waals surface area contributed by atoms with Gasteiger partial charge < -0.3 is 5.32 Å². The molecule has 3 rings (SSSR count). The smallest absolute Gasteiger partial charge is 0.246 e. The van der Waals surface area contributed by atoms with E-state index in [1.807, 2.05) is 6.92 Å². The first-order valence-electron chi connectivity index (χ1n) is 6.95. The van der Waals surface area contributed by atoms with E-state index < -0.39 is 0 Å². The SMILES string of the molecule is Cc1cn2c(CNC3CCC(=O)N(C)C3=O)c(C)nc2s1. The van der Waals surface area contributed by atoms with Crippen LogP contribution in [0.1, 0.15) is 29.1 Å². The van der Waals surface area contributed by atoms with Crippen molar-refractivity contribution in [1.82, 2.24) is 19.6 Å². The van der Waals surface area contributed by atoms with Gasteiger partial charge in [-0.05, 0) is 20.3 Å². The van der Waals surface area contributed by atoms with E-state index >= 15 is 0 Å². The maximum Gasteiger partial charge on any atom is 0.246 e. The maximum atomic E-state index is 12.1. The van der Waals surface area contributed by atoms with E-state index in [2.05, 4.69) is 27.8 Å². The zero-order chi connectivity index (χ0) is 15.1. The second-order valence-corrected chi connectivity index (χ2v) is 6.61. The van der Waals surface area contributed by atoms with Crippen LogP contribution in [0.5, 0.6) is 0 Å². The number of aryl methyl sites for hydroxylation is 2. The van der Waals surface area contributed by atoms with Crippen LogP contribution in [0.3, 0.4) is 0 Å². The molecule has 2 amide bonds. The Balaban J connectivity index is 1.76. The number of likely N-dealkylation sites (N-methyl/N-ethyl adjacent to an activating group) is 1. The lowest BCUT2D eigenvalue weighted by molar-refractivity contribution is -0.148. The minimum Gasteiger partial charge on any atom is -0.300 e. The average molecular weight is 306 g/mol. The quantitative estimate of drug-likeness (QED) is 0.867. The third-order valence-corrected chi connectivity index (χ3v) is 4.80. The second-order valence-electron chi connectivity index (χ2n) is 5.40. The number of amides is 2. The first-order valence-corrected chi connectivity index (χ1v) is 7.76. The van der Waals surface area contributed by atoms with Crippen LogP contribution in [0.15, 0.2) is 6.20 Å². The summed E-state index contributed by atoms with van der Waals surface area (Å²) in [4.78, 5) is 31.5. The number of nitrogens with zero attached hydrogens (tertiary/aromatic N) is 3. The van der Waals surface area contributed by atoms with Crippen LogP contribution in [-0.4, -0.2) is 39.2 Å². The van der Waals surface area contributed by atoms with Gasteiger partial charge in [0.15, 0.2) is 4.96 Å². The molecule has 1 aliphatic heterocycles. The molecule has 7 heteroatoms. The number of rotatable bonds is 3. The molecule has 0 radical (unpaired) electrons. The number of nitrogens with one attached hydrogen (secondary N) is 1. The predicted molar refractivity (Wildman–Crippen MR) is 80.2 cm³/mol. The topological polar surface area (TPSA) is 66.7 Å². The highest BCUT2D eigenvalue weighted by molar-refractivity contribution is 7.17. The molecule has 0 aliphatic carbocycles. The summed E-state index contributed by atoms with van der Waals surface area (Å²) in [6.07, 6.45) is 3.04. The largest absolute Gasteiger partial charge is 0.300 e. The Labute approximate surface area is 126 Å². The van der Waals surface area contributed by atoms with E-state index in [4.69, 9.17) is 0 Å². The summed E-state index contributed by atoms with van der Waals surface area (Å²) in [6, 6.07) is -0.294. The number of aromatic nitrogens is 2. The van der Waals surface area contributed by atoms with Crippen LogP contribution in [0.4, 0.5) is 0 Å². The minimum atomic E-state index is -0.294. The van der Waals surface area contributed by atoms with E-state index in [1.165, 1.54) is 9.78 Å². The van der Waals surface area contributed by atoms with Gasteiger partial charge in [0, 0.05) is 31.1 Å². The zero-order valence-corrected chi connectivity index (χ0v) is 13.2. The summed E-state index contributed by atoms with van der Waals surface area (Å²) in [7, 11) is 1.54. The highest BCUT2D eigenvalue weighted by atomic mass is 32.1. The van der Waals surface area contributed by atoms with Crippen molar-refractivity contribution >= 4 is 28.1 Å². The fourth-order valence-corrected chi connectivity index (χ4v) is 3.54. The summed E-state index contributed by atoms with van der Waals surface area (Å²) in [5.41, 5.74) is 2.04. The fraction of sp³-hybridized carbons (Fsp3) is 0.500. The molecule has 1 saturated heterocycles. The molecule has 3 heterocycles. The summed E-state index contributed by atoms with van der Waals surface area (Å²) in [6.45, 7) is 4.60. The Morgan fingerprint density at radius 2 is 2.19 bits per heavy atom. The van der Waals surface area contributed by atoms with E-state index in [0.717, 1.165) is 16.3 Å². The second kappa shape index (κ2) is 5.23. The van der Waals surface area contributed by atoms with E-state index in [1.54, 1.807) is 18.4 Å². The highest BCUT2D eigenvalue weighted by Crippen LogP contribution is 2.21. The van der Waals surface area contributed by atoms with E-state index in [0.29, 0.717) is 19.4 Å². The average Bonchev–Trinajstić information content (AvgIpc) is 2.91. The molecule has 0 aromatic carbocycles. The van der Waals surface area contributed by atoms with Crippen LogP contribution >= 0.6 is 11.3 Å². The van der Waals surface area contributed by atoms with Crippen LogP contribution in [0.2, 0.25) is 0 Å². The molecule has 1 fully saturated rings. The molecule has 21 heavy (non-hydrogen) atoms. The monoisotopic (exact) mass is 306 g/mol. The third-order valence-electron chi connectivity index (χ3n) is 3.91. The lowest BCUT2D eigenvalue weighted by Gasteiger charge is -2.28. The molecule has 1 unspecified atom stereocenters. The van der Waals surface area contributed by atoms with Gasteiger partial charge >= 0.3 is 0 Å². The number of hydrogen-bond acceptors (Lipinski definition) is 5. The molecule has 0 spiro atoms. The van der Waals surface area contributed by atoms with Crippen molar-refractivity contribution in [2.45, 2.75) is 39.3 Å². The normalized spacial score (nSPS) is 19.8. The zero-order valence-electron chi connectivity index (χ0n) is 12.3. The Kier molecular flexibility index (Phi) is 3.54. The van der Waals surface area contributed by atoms with Gasteiger partial charge in [-0.25, -0.2) is 4.98 Å². The van der Waals surface area contributed by atoms with E-state index in [9.17, 15) is 9.59 Å². The first kappa shape index (κ1) is 14.2. The Bertz CT molecular complexity index is 718. The number of carbonyl (C=O) groups excluding carboxylic acids is 2. The van der Waals surface area contributed by atoms with Crippen LogP contribution in [0, 0.1) is 13.8 Å². The molecule has 6 nitrogen and oxygen atoms in total. The number of fused-ring (bicyclic) bond motifs is 1. The molecule has 2 aromatic rings. The molecular weight excluding hydrogens is 288 g/mol. The molecule has 1 N–H and O–H groups in total. The third kappa shape index (κ3) is 2.47. The van der Waals surface area contributed by atoms with Gasteiger partial charge in [-0.3, -0.25) is 18.9 Å². The molecular formula is C14H18N4O2S. The molecule has 0 bridgehead atoms. The number of imide groups is 1. The van der Waals surface area contributed by atoms with E-state index in [-0.39, 0.29) is 17.9 Å². The van der Waals surface area contributed by atoms with Crippen molar-refractivity contribution < 1.29 is 9.59 Å².